The Labute approximate surface area is 119 Å². The van der Waals surface area contributed by atoms with Crippen molar-refractivity contribution < 1.29 is 0 Å². The van der Waals surface area contributed by atoms with Crippen LogP contribution in [-0.4, -0.2) is 10.8 Å². The van der Waals surface area contributed by atoms with Gasteiger partial charge < -0.3 is 4.57 Å². The third kappa shape index (κ3) is 2.14. The van der Waals surface area contributed by atoms with E-state index < -0.39 is 0 Å². The standard InChI is InChI=1S/C18H18N2/c1-13-8-10-15(11-9-13)19-12-17-14(2)20(3)18-7-5-4-6-16(17)18/h4-12H,1-3H3. The molecule has 1 heterocycles. The SMILES string of the molecule is Cc1ccc(N=Cc2c(C)n(C)c3ccccc23)cc1. The lowest BCUT2D eigenvalue weighted by molar-refractivity contribution is 0.917. The van der Waals surface area contributed by atoms with E-state index in [4.69, 9.17) is 0 Å². The normalized spacial score (nSPS) is 11.6. The molecule has 2 heteroatoms. The highest BCUT2D eigenvalue weighted by atomic mass is 14.9. The molecule has 100 valence electrons. The van der Waals surface area contributed by atoms with Crippen LogP contribution in [0.4, 0.5) is 5.69 Å². The molecule has 1 aromatic heterocycles. The predicted octanol–water partition coefficient (Wildman–Crippen LogP) is 4.55. The van der Waals surface area contributed by atoms with Gasteiger partial charge in [0.25, 0.3) is 0 Å². The summed E-state index contributed by atoms with van der Waals surface area (Å²) in [5.41, 5.74) is 5.93. The van der Waals surface area contributed by atoms with Gasteiger partial charge in [-0.25, -0.2) is 0 Å². The van der Waals surface area contributed by atoms with E-state index in [0.717, 1.165) is 5.69 Å². The molecule has 3 aromatic rings. The van der Waals surface area contributed by atoms with Crippen molar-refractivity contribution in [1.29, 1.82) is 0 Å². The number of para-hydroxylation sites is 1. The molecule has 2 nitrogen and oxygen atoms in total. The highest BCUT2D eigenvalue weighted by Gasteiger charge is 2.08. The number of benzene rings is 2. The summed E-state index contributed by atoms with van der Waals surface area (Å²) in [5, 5.41) is 1.25. The predicted molar refractivity (Wildman–Crippen MR) is 86.1 cm³/mol. The Kier molecular flexibility index (Phi) is 3.15. The minimum atomic E-state index is 0.989. The third-order valence-electron chi connectivity index (χ3n) is 3.83. The van der Waals surface area contributed by atoms with E-state index in [-0.39, 0.29) is 0 Å². The number of hydrogen-bond donors (Lipinski definition) is 0. The summed E-state index contributed by atoms with van der Waals surface area (Å²) in [6.07, 6.45) is 1.97. The van der Waals surface area contributed by atoms with Crippen LogP contribution < -0.4 is 0 Å². The summed E-state index contributed by atoms with van der Waals surface area (Å²) in [5.74, 6) is 0. The quantitative estimate of drug-likeness (QED) is 0.603. The Morgan fingerprint density at radius 3 is 2.40 bits per heavy atom. The summed E-state index contributed by atoms with van der Waals surface area (Å²) in [6, 6.07) is 16.7. The van der Waals surface area contributed by atoms with Crippen LogP contribution in [-0.2, 0) is 7.05 Å². The Morgan fingerprint density at radius 1 is 0.950 bits per heavy atom. The fraction of sp³-hybridized carbons (Fsp3) is 0.167. The zero-order chi connectivity index (χ0) is 14.1. The van der Waals surface area contributed by atoms with Crippen LogP contribution in [0.5, 0.6) is 0 Å². The van der Waals surface area contributed by atoms with Crippen LogP contribution in [0.15, 0.2) is 53.5 Å². The molecule has 0 aliphatic rings. The number of aromatic nitrogens is 1. The topological polar surface area (TPSA) is 17.3 Å². The summed E-state index contributed by atoms with van der Waals surface area (Å²) < 4.78 is 2.21. The molecule has 0 unspecified atom stereocenters. The molecular formula is C18H18N2. The molecule has 20 heavy (non-hydrogen) atoms. The molecule has 0 aliphatic carbocycles. The van der Waals surface area contributed by atoms with Crippen molar-refractivity contribution in [3.8, 4) is 0 Å². The largest absolute Gasteiger partial charge is 0.347 e. The molecule has 0 aliphatic heterocycles. The van der Waals surface area contributed by atoms with E-state index in [1.165, 1.54) is 27.7 Å². The number of hydrogen-bond acceptors (Lipinski definition) is 1. The van der Waals surface area contributed by atoms with E-state index in [9.17, 15) is 0 Å². The molecule has 0 bridgehead atoms. The number of rotatable bonds is 2. The number of aliphatic imine (C=N–C) groups is 1. The van der Waals surface area contributed by atoms with Crippen molar-refractivity contribution in [2.24, 2.45) is 12.0 Å². The highest BCUT2D eigenvalue weighted by Crippen LogP contribution is 2.24. The minimum Gasteiger partial charge on any atom is -0.347 e. The van der Waals surface area contributed by atoms with Crippen LogP contribution in [0.1, 0.15) is 16.8 Å². The zero-order valence-corrected chi connectivity index (χ0v) is 12.1. The molecule has 0 radical (unpaired) electrons. The maximum absolute atomic E-state index is 4.60. The van der Waals surface area contributed by atoms with Gasteiger partial charge in [-0.2, -0.15) is 0 Å². The third-order valence-corrected chi connectivity index (χ3v) is 3.83. The van der Waals surface area contributed by atoms with Gasteiger partial charge in [0.2, 0.25) is 0 Å². The molecule has 0 fully saturated rings. The second-order valence-corrected chi connectivity index (χ2v) is 5.17. The Bertz CT molecular complexity index is 777. The van der Waals surface area contributed by atoms with Crippen LogP contribution in [0.25, 0.3) is 10.9 Å². The van der Waals surface area contributed by atoms with Crippen LogP contribution in [0.3, 0.4) is 0 Å². The van der Waals surface area contributed by atoms with Gasteiger partial charge in [-0.3, -0.25) is 4.99 Å². The number of nitrogens with zero attached hydrogens (tertiary/aromatic N) is 2. The molecular weight excluding hydrogens is 244 g/mol. The minimum absolute atomic E-state index is 0.989. The average molecular weight is 262 g/mol. The van der Waals surface area contributed by atoms with Gasteiger partial charge >= 0.3 is 0 Å². The second-order valence-electron chi connectivity index (χ2n) is 5.17. The molecule has 3 rings (SSSR count). The monoisotopic (exact) mass is 262 g/mol. The van der Waals surface area contributed by atoms with E-state index in [0.29, 0.717) is 0 Å². The van der Waals surface area contributed by atoms with Crippen molar-refractivity contribution in [2.45, 2.75) is 13.8 Å². The van der Waals surface area contributed by atoms with Gasteiger partial charge in [0.1, 0.15) is 0 Å². The lowest BCUT2D eigenvalue weighted by atomic mass is 10.1. The van der Waals surface area contributed by atoms with Crippen LogP contribution >= 0.6 is 0 Å². The molecule has 0 N–H and O–H groups in total. The Balaban J connectivity index is 2.06. The first-order valence-corrected chi connectivity index (χ1v) is 6.81. The van der Waals surface area contributed by atoms with Crippen molar-refractivity contribution in [3.05, 3.63) is 65.4 Å². The molecule has 0 amide bonds. The smallest absolute Gasteiger partial charge is 0.0630 e. The molecule has 0 saturated carbocycles. The zero-order valence-electron chi connectivity index (χ0n) is 12.1. The van der Waals surface area contributed by atoms with Crippen LogP contribution in [0.2, 0.25) is 0 Å². The molecule has 0 spiro atoms. The first-order chi connectivity index (χ1) is 9.66. The Hall–Kier alpha value is -2.35. The summed E-state index contributed by atoms with van der Waals surface area (Å²) in [4.78, 5) is 4.60. The first kappa shape index (κ1) is 12.7. The average Bonchev–Trinajstić information content (AvgIpc) is 2.71. The number of fused-ring (bicyclic) bond motifs is 1. The molecule has 0 saturated heterocycles. The Morgan fingerprint density at radius 2 is 1.65 bits per heavy atom. The fourth-order valence-electron chi connectivity index (χ4n) is 2.48. The van der Waals surface area contributed by atoms with Gasteiger partial charge in [-0.1, -0.05) is 35.9 Å². The van der Waals surface area contributed by atoms with Crippen molar-refractivity contribution in [1.82, 2.24) is 4.57 Å². The van der Waals surface area contributed by atoms with Crippen LogP contribution in [0, 0.1) is 13.8 Å². The van der Waals surface area contributed by atoms with E-state index >= 15 is 0 Å². The lowest BCUT2D eigenvalue weighted by Gasteiger charge is -1.98. The highest BCUT2D eigenvalue weighted by molar-refractivity contribution is 6.01. The summed E-state index contributed by atoms with van der Waals surface area (Å²) in [7, 11) is 2.10. The first-order valence-electron chi connectivity index (χ1n) is 6.81. The lowest BCUT2D eigenvalue weighted by Crippen LogP contribution is -1.91. The second kappa shape index (κ2) is 4.97. The number of aryl methyl sites for hydroxylation is 2. The maximum atomic E-state index is 4.60. The van der Waals surface area contributed by atoms with E-state index in [1.807, 2.05) is 18.3 Å². The van der Waals surface area contributed by atoms with Gasteiger partial charge in [0.05, 0.1) is 5.69 Å². The van der Waals surface area contributed by atoms with Gasteiger partial charge in [-0.15, -0.1) is 0 Å². The van der Waals surface area contributed by atoms with E-state index in [1.54, 1.807) is 0 Å². The van der Waals surface area contributed by atoms with Gasteiger partial charge in [0.15, 0.2) is 0 Å². The van der Waals surface area contributed by atoms with Crippen molar-refractivity contribution in [3.63, 3.8) is 0 Å². The fourth-order valence-corrected chi connectivity index (χ4v) is 2.48. The molecule has 0 atom stereocenters. The van der Waals surface area contributed by atoms with Crippen molar-refractivity contribution >= 4 is 22.8 Å². The molecule has 2 aromatic carbocycles. The van der Waals surface area contributed by atoms with Gasteiger partial charge in [-0.05, 0) is 32.0 Å². The summed E-state index contributed by atoms with van der Waals surface area (Å²) in [6.45, 7) is 4.22. The van der Waals surface area contributed by atoms with Crippen molar-refractivity contribution in [2.75, 3.05) is 0 Å². The van der Waals surface area contributed by atoms with E-state index in [2.05, 4.69) is 66.9 Å². The summed E-state index contributed by atoms with van der Waals surface area (Å²) >= 11 is 0. The van der Waals surface area contributed by atoms with Gasteiger partial charge in [0, 0.05) is 35.4 Å². The maximum Gasteiger partial charge on any atom is 0.0630 e.